The Bertz CT molecular complexity index is 1280. The number of hydrogen-bond acceptors (Lipinski definition) is 0. The molecule has 1 atom stereocenters. The van der Waals surface area contributed by atoms with E-state index in [1.54, 1.807) is 0 Å². The monoisotopic (exact) mass is 405 g/mol. The van der Waals surface area contributed by atoms with Crippen LogP contribution in [0.25, 0.3) is 22.0 Å². The second-order valence-corrected chi connectivity index (χ2v) is 10.1. The summed E-state index contributed by atoms with van der Waals surface area (Å²) in [4.78, 5) is 0. The molecule has 1 heterocycles. The van der Waals surface area contributed by atoms with Crippen molar-refractivity contribution in [2.45, 2.75) is 79.0 Å². The third kappa shape index (κ3) is 3.92. The number of aryl methyl sites for hydroxylation is 1. The molecule has 4 rings (SSSR count). The molecule has 1 nitrogen and oxygen atoms in total. The van der Waals surface area contributed by atoms with E-state index in [1.807, 2.05) is 43.7 Å². The first-order valence-electron chi connectivity index (χ1n) is 13.7. The average molecular weight is 406 g/mol. The molecule has 1 aromatic heterocycles. The van der Waals surface area contributed by atoms with Gasteiger partial charge in [-0.05, 0) is 96.5 Å². The van der Waals surface area contributed by atoms with E-state index in [0.29, 0.717) is 23.1 Å². The Morgan fingerprint density at radius 1 is 1.13 bits per heavy atom. The highest BCUT2D eigenvalue weighted by Gasteiger charge is 2.28. The van der Waals surface area contributed by atoms with Crippen LogP contribution in [0.1, 0.15) is 94.2 Å². The summed E-state index contributed by atoms with van der Waals surface area (Å²) in [6.07, 6.45) is 5.25. The Morgan fingerprint density at radius 2 is 1.87 bits per heavy atom. The fraction of sp³-hybridized carbons (Fsp3) is 0.483. The Morgan fingerprint density at radius 3 is 2.57 bits per heavy atom. The minimum atomic E-state index is -2.45. The van der Waals surface area contributed by atoms with E-state index < -0.39 is 12.7 Å². The van der Waals surface area contributed by atoms with Crippen LogP contribution in [-0.2, 0) is 7.05 Å². The molecule has 158 valence electrons. The molecule has 1 aliphatic rings. The number of fused-ring (bicyclic) bond motifs is 1. The number of aromatic nitrogens is 1. The summed E-state index contributed by atoms with van der Waals surface area (Å²) >= 11 is 0. The first-order valence-corrected chi connectivity index (χ1v) is 11.2. The van der Waals surface area contributed by atoms with Gasteiger partial charge in [0, 0.05) is 11.5 Å². The van der Waals surface area contributed by atoms with Crippen LogP contribution in [0.2, 0.25) is 0 Å². The van der Waals surface area contributed by atoms with Gasteiger partial charge in [-0.3, -0.25) is 0 Å². The van der Waals surface area contributed by atoms with Crippen molar-refractivity contribution in [1.82, 2.24) is 0 Å². The van der Waals surface area contributed by atoms with Crippen molar-refractivity contribution in [3.05, 3.63) is 64.8 Å². The smallest absolute Gasteiger partial charge is 0.200 e. The molecular weight excluding hydrogens is 362 g/mol. The highest BCUT2D eigenvalue weighted by molar-refractivity contribution is 5.94. The standard InChI is InChI=1S/C29H38N/c1-19(2)25-16-20(3)21(4)27(18-25)28-26-9-8-23(17-24(26)12-15-30(28)7)22-10-13-29(5,6)14-11-22/h8-9,12,15-19,22H,10-11,13-14H2,1-7H3/q+1/i1D3,15D,19D. The molecule has 0 spiro atoms. The van der Waals surface area contributed by atoms with Crippen molar-refractivity contribution in [3.63, 3.8) is 0 Å². The minimum absolute atomic E-state index is 0.404. The van der Waals surface area contributed by atoms with E-state index in [-0.39, 0.29) is 0 Å². The summed E-state index contributed by atoms with van der Waals surface area (Å²) in [7, 11) is 1.89. The quantitative estimate of drug-likeness (QED) is 0.392. The minimum Gasteiger partial charge on any atom is -0.200 e. The second-order valence-electron chi connectivity index (χ2n) is 10.1. The number of nitrogens with zero attached hydrogens (tertiary/aromatic N) is 1. The van der Waals surface area contributed by atoms with Gasteiger partial charge in [0.25, 0.3) is 0 Å². The molecule has 2 aromatic carbocycles. The summed E-state index contributed by atoms with van der Waals surface area (Å²) in [6, 6.07) is 12.3. The van der Waals surface area contributed by atoms with Gasteiger partial charge >= 0.3 is 0 Å². The highest BCUT2D eigenvalue weighted by atomic mass is 14.9. The van der Waals surface area contributed by atoms with Crippen molar-refractivity contribution >= 4 is 10.8 Å². The number of pyridine rings is 1. The normalized spacial score (nSPS) is 21.9. The van der Waals surface area contributed by atoms with Crippen LogP contribution in [0.3, 0.4) is 0 Å². The van der Waals surface area contributed by atoms with Gasteiger partial charge < -0.3 is 0 Å². The first-order chi connectivity index (χ1) is 16.1. The number of hydrogen-bond donors (Lipinski definition) is 0. The molecule has 30 heavy (non-hydrogen) atoms. The molecular formula is C29H38N+. The summed E-state index contributed by atoms with van der Waals surface area (Å²) in [5.74, 6) is -1.18. The molecule has 1 saturated carbocycles. The number of rotatable bonds is 3. The van der Waals surface area contributed by atoms with Crippen LogP contribution in [0.4, 0.5) is 0 Å². The Kier molecular flexibility index (Phi) is 4.08. The van der Waals surface area contributed by atoms with Gasteiger partial charge in [-0.2, -0.15) is 0 Å². The zero-order valence-corrected chi connectivity index (χ0v) is 19.3. The summed E-state index contributed by atoms with van der Waals surface area (Å²) in [5, 5.41) is 2.08. The molecule has 3 aromatic rings. The fourth-order valence-corrected chi connectivity index (χ4v) is 4.96. The van der Waals surface area contributed by atoms with E-state index >= 15 is 0 Å². The lowest BCUT2D eigenvalue weighted by molar-refractivity contribution is -0.659. The molecule has 0 radical (unpaired) electrons. The van der Waals surface area contributed by atoms with Gasteiger partial charge in [-0.25, -0.2) is 4.57 Å². The van der Waals surface area contributed by atoms with Crippen molar-refractivity contribution in [3.8, 4) is 11.3 Å². The molecule has 1 aliphatic carbocycles. The maximum atomic E-state index is 8.69. The second kappa shape index (κ2) is 7.84. The Balaban J connectivity index is 1.89. The average Bonchev–Trinajstić information content (AvgIpc) is 2.76. The summed E-state index contributed by atoms with van der Waals surface area (Å²) in [5.41, 5.74) is 6.01. The van der Waals surface area contributed by atoms with Crippen molar-refractivity contribution in [2.24, 2.45) is 12.5 Å². The Hall–Kier alpha value is -2.15. The van der Waals surface area contributed by atoms with Gasteiger partial charge in [0.15, 0.2) is 6.17 Å². The van der Waals surface area contributed by atoms with E-state index in [0.717, 1.165) is 33.2 Å². The van der Waals surface area contributed by atoms with Gasteiger partial charge in [0.2, 0.25) is 5.69 Å². The highest BCUT2D eigenvalue weighted by Crippen LogP contribution is 2.43. The van der Waals surface area contributed by atoms with Crippen molar-refractivity contribution in [2.75, 3.05) is 0 Å². The zero-order chi connectivity index (χ0) is 25.9. The molecule has 1 heteroatoms. The van der Waals surface area contributed by atoms with Crippen LogP contribution < -0.4 is 4.57 Å². The van der Waals surface area contributed by atoms with Crippen LogP contribution >= 0.6 is 0 Å². The SMILES string of the molecule is [2H]c1cc2cc(C3CCC(C)(C)CC3)ccc2c(-c2cc(C([2H])(C)C([2H])([2H])[2H])cc(C)c2C)[n+]1C. The first kappa shape index (κ1) is 15.6. The molecule has 0 aliphatic heterocycles. The summed E-state index contributed by atoms with van der Waals surface area (Å²) < 4.78 is 43.0. The van der Waals surface area contributed by atoms with Gasteiger partial charge in [-0.15, -0.1) is 0 Å². The van der Waals surface area contributed by atoms with Gasteiger partial charge in [0.1, 0.15) is 8.42 Å². The predicted octanol–water partition coefficient (Wildman–Crippen LogP) is 7.76. The summed E-state index contributed by atoms with van der Waals surface area (Å²) in [6.45, 7) is 7.73. The van der Waals surface area contributed by atoms with Gasteiger partial charge in [0.05, 0.1) is 10.9 Å². The Labute approximate surface area is 190 Å². The van der Waals surface area contributed by atoms with Gasteiger partial charge in [-0.1, -0.05) is 45.8 Å². The lowest BCUT2D eigenvalue weighted by Crippen LogP contribution is -2.31. The van der Waals surface area contributed by atoms with Crippen molar-refractivity contribution in [1.29, 1.82) is 0 Å². The van der Waals surface area contributed by atoms with Crippen LogP contribution in [0.15, 0.2) is 42.6 Å². The largest absolute Gasteiger partial charge is 0.220 e. The van der Waals surface area contributed by atoms with Crippen LogP contribution in [-0.4, -0.2) is 0 Å². The maximum absolute atomic E-state index is 8.69. The molecule has 1 unspecified atom stereocenters. The molecule has 0 saturated heterocycles. The van der Waals surface area contributed by atoms with Crippen molar-refractivity contribution < 1.29 is 11.4 Å². The lowest BCUT2D eigenvalue weighted by Gasteiger charge is -2.34. The third-order valence-corrected chi connectivity index (χ3v) is 7.25. The van der Waals surface area contributed by atoms with E-state index in [4.69, 9.17) is 6.85 Å². The maximum Gasteiger partial charge on any atom is 0.220 e. The van der Waals surface area contributed by atoms with E-state index in [1.165, 1.54) is 38.2 Å². The molecule has 0 amide bonds. The topological polar surface area (TPSA) is 3.88 Å². The number of benzene rings is 2. The molecule has 1 fully saturated rings. The molecule has 0 N–H and O–H groups in total. The van der Waals surface area contributed by atoms with Crippen LogP contribution in [0.5, 0.6) is 0 Å². The van der Waals surface area contributed by atoms with Crippen LogP contribution in [0, 0.1) is 19.3 Å². The van der Waals surface area contributed by atoms with E-state index in [9.17, 15) is 0 Å². The fourth-order valence-electron chi connectivity index (χ4n) is 4.96. The zero-order valence-electron chi connectivity index (χ0n) is 24.3. The molecule has 0 bridgehead atoms. The third-order valence-electron chi connectivity index (χ3n) is 7.25. The van der Waals surface area contributed by atoms with E-state index in [2.05, 4.69) is 32.0 Å². The lowest BCUT2D eigenvalue weighted by atomic mass is 9.71. The predicted molar refractivity (Wildman–Crippen MR) is 129 cm³/mol.